The number of carboxylic acids is 1. The van der Waals surface area contributed by atoms with Crippen LogP contribution in [0.3, 0.4) is 0 Å². The van der Waals surface area contributed by atoms with Gasteiger partial charge in [0.15, 0.2) is 0 Å². The van der Waals surface area contributed by atoms with E-state index in [0.717, 1.165) is 4.90 Å². The molecule has 0 fully saturated rings. The van der Waals surface area contributed by atoms with Crippen LogP contribution in [0.2, 0.25) is 0 Å². The number of hydrogen-bond acceptors (Lipinski definition) is 4. The Balaban J connectivity index is 2.32. The Morgan fingerprint density at radius 1 is 1.56 bits per heavy atom. The Hall–Kier alpha value is -1.82. The monoisotopic (exact) mass is 265 g/mol. The van der Waals surface area contributed by atoms with E-state index in [1.807, 2.05) is 0 Å². The number of benzene rings is 1. The molecule has 6 heteroatoms. The summed E-state index contributed by atoms with van der Waals surface area (Å²) in [4.78, 5) is 33.6. The van der Waals surface area contributed by atoms with Crippen molar-refractivity contribution in [3.8, 4) is 0 Å². The molecule has 5 nitrogen and oxygen atoms in total. The first-order chi connectivity index (χ1) is 8.61. The van der Waals surface area contributed by atoms with Gasteiger partial charge in [0.2, 0.25) is 5.91 Å². The van der Waals surface area contributed by atoms with E-state index in [1.165, 1.54) is 11.8 Å². The third-order valence-electron chi connectivity index (χ3n) is 2.67. The van der Waals surface area contributed by atoms with Crippen molar-refractivity contribution in [2.75, 3.05) is 11.1 Å². The molecular weight excluding hydrogens is 254 g/mol. The number of anilines is 1. The van der Waals surface area contributed by atoms with E-state index in [0.29, 0.717) is 23.3 Å². The molecule has 1 aliphatic rings. The highest BCUT2D eigenvalue weighted by Crippen LogP contribution is 2.34. The average molecular weight is 265 g/mol. The van der Waals surface area contributed by atoms with Gasteiger partial charge in [0.05, 0.1) is 17.4 Å². The summed E-state index contributed by atoms with van der Waals surface area (Å²) in [5.41, 5.74) is 1.27. The van der Waals surface area contributed by atoms with Crippen LogP contribution in [0.5, 0.6) is 0 Å². The Labute approximate surface area is 108 Å². The molecule has 1 aromatic rings. The zero-order valence-corrected chi connectivity index (χ0v) is 10.2. The van der Waals surface area contributed by atoms with Gasteiger partial charge < -0.3 is 15.2 Å². The van der Waals surface area contributed by atoms with Crippen LogP contribution in [0, 0.1) is 0 Å². The number of amides is 1. The minimum atomic E-state index is -1.02. The van der Waals surface area contributed by atoms with Crippen LogP contribution in [0.1, 0.15) is 17.9 Å². The van der Waals surface area contributed by atoms with Gasteiger partial charge >= 0.3 is 5.97 Å². The van der Waals surface area contributed by atoms with E-state index in [2.05, 4.69) is 5.32 Å². The zero-order valence-electron chi connectivity index (χ0n) is 9.38. The first kappa shape index (κ1) is 12.6. The van der Waals surface area contributed by atoms with Crippen molar-refractivity contribution in [2.45, 2.75) is 17.2 Å². The summed E-state index contributed by atoms with van der Waals surface area (Å²) in [7, 11) is 0. The second-order valence-electron chi connectivity index (χ2n) is 3.89. The highest BCUT2D eigenvalue weighted by molar-refractivity contribution is 8.00. The number of thioether (sulfide) groups is 1. The fraction of sp³-hybridized carbons (Fsp3) is 0.250. The smallest absolute Gasteiger partial charge is 0.311 e. The van der Waals surface area contributed by atoms with Gasteiger partial charge in [-0.3, -0.25) is 9.59 Å². The molecule has 1 heterocycles. The number of carboxylic acid groups (broad SMARTS) is 1. The van der Waals surface area contributed by atoms with Crippen LogP contribution in [0.4, 0.5) is 5.69 Å². The van der Waals surface area contributed by atoms with Gasteiger partial charge in [-0.15, -0.1) is 11.8 Å². The van der Waals surface area contributed by atoms with Crippen LogP contribution < -0.4 is 5.32 Å². The van der Waals surface area contributed by atoms with E-state index < -0.39 is 11.9 Å². The summed E-state index contributed by atoms with van der Waals surface area (Å²) in [6, 6.07) is 5.03. The standard InChI is InChI=1S/C12H11NO4S/c14-4-3-8(12(16)17)7-1-2-9-10(5-7)18-6-11(15)13-9/h1-2,4-5,8H,3,6H2,(H,13,15)(H,16,17). The lowest BCUT2D eigenvalue weighted by Crippen LogP contribution is -2.19. The Bertz CT molecular complexity index is 515. The van der Waals surface area contributed by atoms with Crippen molar-refractivity contribution >= 4 is 35.6 Å². The van der Waals surface area contributed by atoms with Crippen molar-refractivity contribution in [1.82, 2.24) is 0 Å². The summed E-state index contributed by atoms with van der Waals surface area (Å²) in [5, 5.41) is 11.8. The van der Waals surface area contributed by atoms with Crippen LogP contribution in [-0.4, -0.2) is 29.0 Å². The molecule has 18 heavy (non-hydrogen) atoms. The number of fused-ring (bicyclic) bond motifs is 1. The largest absolute Gasteiger partial charge is 0.481 e. The maximum Gasteiger partial charge on any atom is 0.311 e. The number of hydrogen-bond donors (Lipinski definition) is 2. The topological polar surface area (TPSA) is 83.5 Å². The summed E-state index contributed by atoms with van der Waals surface area (Å²) in [6.07, 6.45) is 0.554. The Morgan fingerprint density at radius 2 is 2.33 bits per heavy atom. The maximum atomic E-state index is 11.2. The molecular formula is C12H11NO4S. The summed E-state index contributed by atoms with van der Waals surface area (Å²) in [6.45, 7) is 0. The summed E-state index contributed by atoms with van der Waals surface area (Å²) in [5.74, 6) is -1.59. The average Bonchev–Trinajstić information content (AvgIpc) is 2.35. The summed E-state index contributed by atoms with van der Waals surface area (Å²) >= 11 is 1.36. The summed E-state index contributed by atoms with van der Waals surface area (Å²) < 4.78 is 0. The zero-order chi connectivity index (χ0) is 13.1. The van der Waals surface area contributed by atoms with E-state index in [9.17, 15) is 14.4 Å². The van der Waals surface area contributed by atoms with Gasteiger partial charge in [0, 0.05) is 11.3 Å². The van der Waals surface area contributed by atoms with E-state index in [1.54, 1.807) is 18.2 Å². The molecule has 2 rings (SSSR count). The molecule has 0 radical (unpaired) electrons. The molecule has 94 valence electrons. The van der Waals surface area contributed by atoms with Gasteiger partial charge in [0.25, 0.3) is 0 Å². The number of carbonyl (C=O) groups excluding carboxylic acids is 2. The van der Waals surface area contributed by atoms with Crippen molar-refractivity contribution in [3.63, 3.8) is 0 Å². The molecule has 2 N–H and O–H groups in total. The Kier molecular flexibility index (Phi) is 3.66. The van der Waals surface area contributed by atoms with Crippen molar-refractivity contribution < 1.29 is 19.5 Å². The predicted molar refractivity (Wildman–Crippen MR) is 66.9 cm³/mol. The van der Waals surface area contributed by atoms with Gasteiger partial charge in [-0.05, 0) is 17.7 Å². The highest BCUT2D eigenvalue weighted by atomic mass is 32.2. The molecule has 0 bridgehead atoms. The molecule has 1 aliphatic heterocycles. The fourth-order valence-corrected chi connectivity index (χ4v) is 2.64. The molecule has 1 amide bonds. The minimum absolute atomic E-state index is 0.0505. The minimum Gasteiger partial charge on any atom is -0.481 e. The van der Waals surface area contributed by atoms with Crippen molar-refractivity contribution in [2.24, 2.45) is 0 Å². The van der Waals surface area contributed by atoms with Crippen LogP contribution in [0.25, 0.3) is 0 Å². The highest BCUT2D eigenvalue weighted by Gasteiger charge is 2.22. The predicted octanol–water partition coefficient (Wildman–Crippen LogP) is 1.49. The normalized spacial score (nSPS) is 15.4. The van der Waals surface area contributed by atoms with Crippen LogP contribution >= 0.6 is 11.8 Å². The third-order valence-corrected chi connectivity index (χ3v) is 3.73. The third kappa shape index (κ3) is 2.53. The molecule has 0 saturated carbocycles. The first-order valence-corrected chi connectivity index (χ1v) is 6.33. The maximum absolute atomic E-state index is 11.2. The molecule has 1 aromatic carbocycles. The van der Waals surface area contributed by atoms with Gasteiger partial charge in [-0.1, -0.05) is 6.07 Å². The van der Waals surface area contributed by atoms with Crippen LogP contribution in [-0.2, 0) is 14.4 Å². The number of rotatable bonds is 4. The number of carbonyl (C=O) groups is 3. The number of aliphatic carboxylic acids is 1. The fourth-order valence-electron chi connectivity index (χ4n) is 1.78. The molecule has 1 atom stereocenters. The van der Waals surface area contributed by atoms with Gasteiger partial charge in [0.1, 0.15) is 6.29 Å². The molecule has 1 unspecified atom stereocenters. The van der Waals surface area contributed by atoms with E-state index >= 15 is 0 Å². The molecule has 0 spiro atoms. The van der Waals surface area contributed by atoms with Crippen LogP contribution in [0.15, 0.2) is 23.1 Å². The number of aldehydes is 1. The lowest BCUT2D eigenvalue weighted by molar-refractivity contribution is -0.139. The van der Waals surface area contributed by atoms with Crippen molar-refractivity contribution in [3.05, 3.63) is 23.8 Å². The SMILES string of the molecule is O=CCC(C(=O)O)c1ccc2c(c1)SCC(=O)N2. The second-order valence-corrected chi connectivity index (χ2v) is 4.90. The number of nitrogens with one attached hydrogen (secondary N) is 1. The lowest BCUT2D eigenvalue weighted by Gasteiger charge is -2.18. The molecule has 0 aromatic heterocycles. The van der Waals surface area contributed by atoms with Crippen molar-refractivity contribution in [1.29, 1.82) is 0 Å². The van der Waals surface area contributed by atoms with Gasteiger partial charge in [-0.25, -0.2) is 0 Å². The molecule has 0 saturated heterocycles. The van der Waals surface area contributed by atoms with Gasteiger partial charge in [-0.2, -0.15) is 0 Å². The second kappa shape index (κ2) is 5.22. The first-order valence-electron chi connectivity index (χ1n) is 5.35. The van der Waals surface area contributed by atoms with E-state index in [4.69, 9.17) is 5.11 Å². The molecule has 0 aliphatic carbocycles. The van der Waals surface area contributed by atoms with E-state index in [-0.39, 0.29) is 12.3 Å². The Morgan fingerprint density at radius 3 is 3.00 bits per heavy atom. The quantitative estimate of drug-likeness (QED) is 0.806. The lowest BCUT2D eigenvalue weighted by atomic mass is 9.96.